The van der Waals surface area contributed by atoms with Crippen molar-refractivity contribution in [3.63, 3.8) is 0 Å². The van der Waals surface area contributed by atoms with Gasteiger partial charge in [-0.25, -0.2) is 0 Å². The highest BCUT2D eigenvalue weighted by Gasteiger charge is 2.68. The number of nitrogens with two attached hydrogens (primary N) is 1. The third-order valence-electron chi connectivity index (χ3n) is 9.82. The minimum Gasteiger partial charge on any atom is -0.508 e. The first-order valence-electron chi connectivity index (χ1n) is 15.3. The molecule has 13 nitrogen and oxygen atoms in total. The summed E-state index contributed by atoms with van der Waals surface area (Å²) in [4.78, 5) is 66.9. The molecule has 6 rings (SSSR count). The van der Waals surface area contributed by atoms with Crippen molar-refractivity contribution in [2.75, 3.05) is 19.4 Å². The molecule has 13 heteroatoms. The highest BCUT2D eigenvalue weighted by Crippen LogP contribution is 2.56. The highest BCUT2D eigenvalue weighted by atomic mass is 16.4. The minimum atomic E-state index is -3.04. The van der Waals surface area contributed by atoms with Crippen LogP contribution in [-0.4, -0.2) is 91.4 Å². The van der Waals surface area contributed by atoms with Gasteiger partial charge in [0, 0.05) is 28.2 Å². The summed E-state index contributed by atoms with van der Waals surface area (Å²) in [7, 11) is 2.85. The number of aliphatic hydroxyl groups is 4. The SMILES string of the molecule is C[C@H]1c2ccc(NC(=O)c3ccc(C(=O)c4ccccc4)cc3)c(O)c2C(O)=C2C(=O)[C@]3(O)C(O)=C(C(N)=O)C(=O)[C@@H](N(C)C)[C@@H]3[C@@H](O)[C@@H]21. The molecule has 1 fully saturated rings. The average molecular weight is 668 g/mol. The van der Waals surface area contributed by atoms with E-state index in [0.29, 0.717) is 11.1 Å². The lowest BCUT2D eigenvalue weighted by molar-refractivity contribution is -0.169. The van der Waals surface area contributed by atoms with Crippen molar-refractivity contribution in [1.29, 1.82) is 0 Å². The lowest BCUT2D eigenvalue weighted by Gasteiger charge is -2.53. The van der Waals surface area contributed by atoms with Crippen LogP contribution in [-0.2, 0) is 14.4 Å². The van der Waals surface area contributed by atoms with Crippen LogP contribution in [0.5, 0.6) is 5.75 Å². The second-order valence-corrected chi connectivity index (χ2v) is 12.7. The Morgan fingerprint density at radius 3 is 2.06 bits per heavy atom. The largest absolute Gasteiger partial charge is 0.508 e. The predicted octanol–water partition coefficient (Wildman–Crippen LogP) is 1.98. The molecule has 0 spiro atoms. The Morgan fingerprint density at radius 2 is 1.47 bits per heavy atom. The van der Waals surface area contributed by atoms with E-state index in [0.717, 1.165) is 0 Å². The number of carbonyl (C=O) groups excluding carboxylic acids is 5. The summed E-state index contributed by atoms with van der Waals surface area (Å²) in [6, 6.07) is 15.8. The summed E-state index contributed by atoms with van der Waals surface area (Å²) < 4.78 is 0. The Bertz CT molecular complexity index is 2020. The summed E-state index contributed by atoms with van der Waals surface area (Å²) in [6.45, 7) is 1.60. The van der Waals surface area contributed by atoms with Crippen LogP contribution in [0.2, 0.25) is 0 Å². The van der Waals surface area contributed by atoms with Crippen LogP contribution in [0.1, 0.15) is 50.2 Å². The van der Waals surface area contributed by atoms with Gasteiger partial charge < -0.3 is 36.6 Å². The molecule has 2 amide bonds. The number of anilines is 1. The Morgan fingerprint density at radius 1 is 0.878 bits per heavy atom. The topological polar surface area (TPSA) is 228 Å². The second kappa shape index (κ2) is 11.8. The van der Waals surface area contributed by atoms with Gasteiger partial charge in [-0.15, -0.1) is 0 Å². The summed E-state index contributed by atoms with van der Waals surface area (Å²) in [5.41, 5.74) is 1.59. The van der Waals surface area contributed by atoms with Gasteiger partial charge in [0.25, 0.3) is 11.8 Å². The molecule has 0 aromatic heterocycles. The van der Waals surface area contributed by atoms with E-state index in [4.69, 9.17) is 5.73 Å². The van der Waals surface area contributed by atoms with Crippen molar-refractivity contribution in [2.24, 2.45) is 17.6 Å². The highest BCUT2D eigenvalue weighted by molar-refractivity contribution is 6.24. The number of amides is 2. The molecule has 0 bridgehead atoms. The number of primary amides is 1. The molecule has 1 saturated carbocycles. The van der Waals surface area contributed by atoms with Gasteiger partial charge in [0.2, 0.25) is 5.78 Å². The van der Waals surface area contributed by atoms with Crippen molar-refractivity contribution in [1.82, 2.24) is 4.90 Å². The Kier molecular flexibility index (Phi) is 8.02. The lowest BCUT2D eigenvalue weighted by Crippen LogP contribution is -2.70. The maximum atomic E-state index is 14.2. The zero-order chi connectivity index (χ0) is 35.7. The molecule has 0 aliphatic heterocycles. The minimum absolute atomic E-state index is 0.145. The van der Waals surface area contributed by atoms with Gasteiger partial charge in [-0.1, -0.05) is 55.5 Å². The number of hydrogen-bond acceptors (Lipinski definition) is 11. The smallest absolute Gasteiger partial charge is 0.255 e. The van der Waals surface area contributed by atoms with E-state index in [1.165, 1.54) is 55.4 Å². The third kappa shape index (κ3) is 4.85. The average Bonchev–Trinajstić information content (AvgIpc) is 3.07. The molecule has 252 valence electrons. The first-order chi connectivity index (χ1) is 23.1. The number of nitrogens with one attached hydrogen (secondary N) is 1. The third-order valence-corrected chi connectivity index (χ3v) is 9.82. The van der Waals surface area contributed by atoms with Crippen LogP contribution in [0.3, 0.4) is 0 Å². The van der Waals surface area contributed by atoms with Crippen LogP contribution in [0, 0.1) is 11.8 Å². The molecular formula is C36H33N3O10. The molecule has 3 aliphatic carbocycles. The van der Waals surface area contributed by atoms with Crippen LogP contribution in [0.25, 0.3) is 5.76 Å². The number of aliphatic hydroxyl groups excluding tert-OH is 3. The van der Waals surface area contributed by atoms with Crippen molar-refractivity contribution in [2.45, 2.75) is 30.6 Å². The van der Waals surface area contributed by atoms with E-state index in [1.54, 1.807) is 37.3 Å². The number of ketones is 3. The fraction of sp³-hybridized carbons (Fsp3) is 0.250. The van der Waals surface area contributed by atoms with E-state index in [-0.39, 0.29) is 28.2 Å². The zero-order valence-electron chi connectivity index (χ0n) is 26.5. The van der Waals surface area contributed by atoms with E-state index < -0.39 is 87.3 Å². The number of nitrogens with zero attached hydrogens (tertiary/aromatic N) is 1. The Balaban J connectivity index is 1.38. The molecule has 0 heterocycles. The maximum absolute atomic E-state index is 14.2. The van der Waals surface area contributed by atoms with E-state index >= 15 is 0 Å². The first kappa shape index (κ1) is 33.3. The lowest BCUT2D eigenvalue weighted by atomic mass is 9.54. The second-order valence-electron chi connectivity index (χ2n) is 12.7. The number of rotatable bonds is 6. The summed E-state index contributed by atoms with van der Waals surface area (Å²) in [5.74, 6) is -11.1. The molecule has 3 aromatic rings. The van der Waals surface area contributed by atoms with Gasteiger partial charge in [0.1, 0.15) is 22.8 Å². The van der Waals surface area contributed by atoms with Crippen molar-refractivity contribution >= 4 is 40.6 Å². The number of phenolic OH excluding ortho intramolecular Hbond substituents is 1. The quantitative estimate of drug-likeness (QED) is 0.114. The van der Waals surface area contributed by atoms with Crippen molar-refractivity contribution in [3.8, 4) is 5.75 Å². The van der Waals surface area contributed by atoms with Crippen molar-refractivity contribution in [3.05, 3.63) is 111 Å². The van der Waals surface area contributed by atoms with E-state index in [1.807, 2.05) is 0 Å². The molecule has 6 atom stereocenters. The van der Waals surface area contributed by atoms with Gasteiger partial charge in [0.05, 0.1) is 29.3 Å². The summed E-state index contributed by atoms with van der Waals surface area (Å²) in [5, 5.41) is 60.1. The zero-order valence-corrected chi connectivity index (χ0v) is 26.5. The standard InChI is InChI=1S/C36H33N3O10/c1-15-19-13-14-20(38-35(48)18-11-9-17(10-12-18)27(40)16-7-5-4-6-8-16)28(41)22(19)29(42)23-21(15)30(43)25-26(39(2)3)31(44)24(34(37)47)33(46)36(25,49)32(23)45/h4-15,21,25-26,30,41-43,46,49H,1-3H3,(H2,37,47)(H,38,48)/t15-,21+,25+,26-,30-,36-/m0/s1. The number of phenols is 1. The summed E-state index contributed by atoms with van der Waals surface area (Å²) in [6.07, 6.45) is -1.73. The molecule has 0 unspecified atom stereocenters. The molecule has 0 saturated heterocycles. The maximum Gasteiger partial charge on any atom is 0.255 e. The van der Waals surface area contributed by atoms with Gasteiger partial charge in [-0.05, 0) is 43.8 Å². The van der Waals surface area contributed by atoms with Gasteiger partial charge >= 0.3 is 0 Å². The van der Waals surface area contributed by atoms with Gasteiger partial charge in [-0.2, -0.15) is 0 Å². The van der Waals surface area contributed by atoms with E-state index in [9.17, 15) is 49.5 Å². The summed E-state index contributed by atoms with van der Waals surface area (Å²) >= 11 is 0. The number of hydrogen-bond donors (Lipinski definition) is 7. The Hall–Kier alpha value is -5.63. The molecule has 3 aromatic carbocycles. The van der Waals surface area contributed by atoms with E-state index in [2.05, 4.69) is 5.32 Å². The predicted molar refractivity (Wildman–Crippen MR) is 175 cm³/mol. The first-order valence-corrected chi connectivity index (χ1v) is 15.3. The van der Waals surface area contributed by atoms with Crippen LogP contribution < -0.4 is 11.1 Å². The number of Topliss-reactive ketones (excluding diaryl/α,β-unsaturated/α-hetero) is 2. The fourth-order valence-electron chi connectivity index (χ4n) is 7.44. The number of aromatic hydroxyl groups is 1. The molecule has 8 N–H and O–H groups in total. The fourth-order valence-corrected chi connectivity index (χ4v) is 7.44. The van der Waals surface area contributed by atoms with Crippen LogP contribution >= 0.6 is 0 Å². The number of fused-ring (bicyclic) bond motifs is 3. The molecule has 3 aliphatic rings. The normalized spacial score (nSPS) is 26.2. The van der Waals surface area contributed by atoms with Crippen LogP contribution in [0.4, 0.5) is 5.69 Å². The molecule has 0 radical (unpaired) electrons. The molecular weight excluding hydrogens is 634 g/mol. The number of carbonyl (C=O) groups is 5. The number of benzene rings is 3. The van der Waals surface area contributed by atoms with Gasteiger partial charge in [0.15, 0.2) is 17.2 Å². The Labute approximate surface area is 279 Å². The number of likely N-dealkylation sites (N-methyl/N-ethyl adjacent to an activating group) is 1. The van der Waals surface area contributed by atoms with Gasteiger partial charge in [-0.3, -0.25) is 28.9 Å². The van der Waals surface area contributed by atoms with Crippen molar-refractivity contribution < 1.29 is 49.5 Å². The monoisotopic (exact) mass is 667 g/mol. The molecule has 49 heavy (non-hydrogen) atoms. The van der Waals surface area contributed by atoms with Crippen LogP contribution in [0.15, 0.2) is 83.6 Å².